The smallest absolute Gasteiger partial charge is 0.278 e. The van der Waals surface area contributed by atoms with Gasteiger partial charge in [-0.2, -0.15) is 10.1 Å². The van der Waals surface area contributed by atoms with Gasteiger partial charge in [0, 0.05) is 10.6 Å². The average Bonchev–Trinajstić information content (AvgIpc) is 3.35. The lowest BCUT2D eigenvalue weighted by molar-refractivity contribution is -0.00112. The second kappa shape index (κ2) is 6.85. The largest absolute Gasteiger partial charge is 0.365 e. The number of hydrogen-bond acceptors (Lipinski definition) is 5. The quantitative estimate of drug-likeness (QED) is 0.503. The number of benzene rings is 2. The van der Waals surface area contributed by atoms with Crippen LogP contribution in [0.1, 0.15) is 17.4 Å². The minimum Gasteiger partial charge on any atom is -0.365 e. The highest BCUT2D eigenvalue weighted by atomic mass is 35.5. The van der Waals surface area contributed by atoms with Crippen molar-refractivity contribution < 1.29 is 13.7 Å². The molecule has 0 unspecified atom stereocenters. The molecule has 0 bridgehead atoms. The topological polar surface area (TPSA) is 66.0 Å². The molecule has 8 heteroatoms. The van der Waals surface area contributed by atoms with Crippen molar-refractivity contribution in [2.24, 2.45) is 0 Å². The van der Waals surface area contributed by atoms with Gasteiger partial charge in [0.25, 0.3) is 5.89 Å². The Bertz CT molecular complexity index is 1140. The molecule has 0 amide bonds. The molecule has 0 spiro atoms. The molecule has 1 aliphatic heterocycles. The van der Waals surface area contributed by atoms with Crippen LogP contribution in [0, 0.1) is 5.82 Å². The van der Waals surface area contributed by atoms with E-state index < -0.39 is 0 Å². The summed E-state index contributed by atoms with van der Waals surface area (Å²) in [5.74, 6) is 0.242. The van der Waals surface area contributed by atoms with E-state index in [1.807, 2.05) is 35.0 Å². The Labute approximate surface area is 164 Å². The molecule has 5 rings (SSSR count). The normalized spacial score (nSPS) is 16.1. The van der Waals surface area contributed by atoms with Crippen molar-refractivity contribution in [2.75, 3.05) is 0 Å². The lowest BCUT2D eigenvalue weighted by atomic mass is 10.1. The third kappa shape index (κ3) is 3.19. The maximum absolute atomic E-state index is 13.4. The fraction of sp³-hybridized carbons (Fsp3) is 0.150. The van der Waals surface area contributed by atoms with Crippen LogP contribution in [0.4, 0.5) is 4.39 Å². The monoisotopic (exact) mass is 396 g/mol. The molecule has 28 heavy (non-hydrogen) atoms. The van der Waals surface area contributed by atoms with Crippen LogP contribution in [0.2, 0.25) is 5.02 Å². The number of nitrogens with zero attached hydrogens (tertiary/aromatic N) is 4. The predicted octanol–water partition coefficient (Wildman–Crippen LogP) is 4.66. The molecule has 4 aromatic rings. The molecular formula is C20H14ClFN4O2. The minimum atomic E-state index is -0.355. The third-order valence-electron chi connectivity index (χ3n) is 4.60. The molecule has 0 saturated heterocycles. The van der Waals surface area contributed by atoms with Gasteiger partial charge in [-0.05, 0) is 35.9 Å². The Hall–Kier alpha value is -3.03. The summed E-state index contributed by atoms with van der Waals surface area (Å²) in [7, 11) is 0. The van der Waals surface area contributed by atoms with Gasteiger partial charge in [0.05, 0.1) is 18.8 Å². The molecule has 2 aromatic carbocycles. The van der Waals surface area contributed by atoms with Crippen molar-refractivity contribution >= 4 is 11.6 Å². The Morgan fingerprint density at radius 1 is 1.11 bits per heavy atom. The van der Waals surface area contributed by atoms with E-state index in [9.17, 15) is 4.39 Å². The number of aromatic nitrogens is 4. The highest BCUT2D eigenvalue weighted by Crippen LogP contribution is 2.30. The fourth-order valence-electron chi connectivity index (χ4n) is 3.18. The Kier molecular flexibility index (Phi) is 4.18. The molecule has 140 valence electrons. The van der Waals surface area contributed by atoms with Crippen molar-refractivity contribution in [3.8, 4) is 23.0 Å². The summed E-state index contributed by atoms with van der Waals surface area (Å²) in [6, 6.07) is 15.5. The van der Waals surface area contributed by atoms with E-state index in [4.69, 9.17) is 20.9 Å². The summed E-state index contributed by atoms with van der Waals surface area (Å²) < 4.78 is 26.6. The van der Waals surface area contributed by atoms with E-state index in [-0.39, 0.29) is 17.8 Å². The van der Waals surface area contributed by atoms with Gasteiger partial charge in [-0.25, -0.2) is 4.39 Å². The number of hydrogen-bond donors (Lipinski definition) is 0. The van der Waals surface area contributed by atoms with E-state index in [1.54, 1.807) is 12.1 Å². The lowest BCUT2D eigenvalue weighted by Crippen LogP contribution is -2.21. The van der Waals surface area contributed by atoms with Gasteiger partial charge >= 0.3 is 0 Å². The van der Waals surface area contributed by atoms with Crippen molar-refractivity contribution in [2.45, 2.75) is 19.3 Å². The summed E-state index contributed by atoms with van der Waals surface area (Å²) in [6.07, 6.45) is -0.108. The Balaban J connectivity index is 1.40. The molecule has 1 aliphatic rings. The van der Waals surface area contributed by atoms with Crippen LogP contribution < -0.4 is 0 Å². The first-order chi connectivity index (χ1) is 13.7. The third-order valence-corrected chi connectivity index (χ3v) is 4.86. The first kappa shape index (κ1) is 17.1. The number of halogens is 2. The van der Waals surface area contributed by atoms with Gasteiger partial charge in [-0.3, -0.25) is 4.68 Å². The van der Waals surface area contributed by atoms with E-state index in [2.05, 4.69) is 15.2 Å². The SMILES string of the molecule is Fc1cccc(-c2noc(-c3cc4n(n3)C[C@@H](c3ccc(Cl)cc3)OC4)n2)c1. The second-order valence-electron chi connectivity index (χ2n) is 6.49. The van der Waals surface area contributed by atoms with Crippen molar-refractivity contribution in [1.29, 1.82) is 0 Å². The second-order valence-corrected chi connectivity index (χ2v) is 6.92. The van der Waals surface area contributed by atoms with Gasteiger partial charge in [0.2, 0.25) is 5.82 Å². The Morgan fingerprint density at radius 3 is 2.79 bits per heavy atom. The van der Waals surface area contributed by atoms with Crippen LogP contribution in [0.25, 0.3) is 23.0 Å². The molecule has 0 fully saturated rings. The van der Waals surface area contributed by atoms with Crippen LogP contribution in [0.5, 0.6) is 0 Å². The first-order valence-electron chi connectivity index (χ1n) is 8.69. The van der Waals surface area contributed by atoms with E-state index in [0.717, 1.165) is 11.3 Å². The van der Waals surface area contributed by atoms with Gasteiger partial charge < -0.3 is 9.26 Å². The molecule has 0 radical (unpaired) electrons. The predicted molar refractivity (Wildman–Crippen MR) is 99.9 cm³/mol. The van der Waals surface area contributed by atoms with Crippen LogP contribution in [0.15, 0.2) is 59.1 Å². The zero-order valence-corrected chi connectivity index (χ0v) is 15.3. The van der Waals surface area contributed by atoms with Gasteiger partial charge in [-0.15, -0.1) is 0 Å². The fourth-order valence-corrected chi connectivity index (χ4v) is 3.31. The zero-order valence-electron chi connectivity index (χ0n) is 14.5. The van der Waals surface area contributed by atoms with Crippen molar-refractivity contribution in [1.82, 2.24) is 19.9 Å². The maximum Gasteiger partial charge on any atom is 0.278 e. The number of fused-ring (bicyclic) bond motifs is 1. The summed E-state index contributed by atoms with van der Waals surface area (Å²) >= 11 is 5.96. The van der Waals surface area contributed by atoms with Crippen LogP contribution in [-0.4, -0.2) is 19.9 Å². The van der Waals surface area contributed by atoms with E-state index >= 15 is 0 Å². The number of ether oxygens (including phenoxy) is 1. The van der Waals surface area contributed by atoms with E-state index in [0.29, 0.717) is 35.3 Å². The molecule has 0 aliphatic carbocycles. The molecule has 2 aromatic heterocycles. The van der Waals surface area contributed by atoms with Crippen LogP contribution in [0.3, 0.4) is 0 Å². The first-order valence-corrected chi connectivity index (χ1v) is 9.07. The lowest BCUT2D eigenvalue weighted by Gasteiger charge is -2.24. The van der Waals surface area contributed by atoms with Crippen LogP contribution in [-0.2, 0) is 17.9 Å². The average molecular weight is 397 g/mol. The van der Waals surface area contributed by atoms with Gasteiger partial charge in [0.1, 0.15) is 11.9 Å². The molecule has 0 N–H and O–H groups in total. The number of rotatable bonds is 3. The van der Waals surface area contributed by atoms with Crippen LogP contribution >= 0.6 is 11.6 Å². The van der Waals surface area contributed by atoms with Gasteiger partial charge in [0.15, 0.2) is 5.69 Å². The molecule has 6 nitrogen and oxygen atoms in total. The highest BCUT2D eigenvalue weighted by Gasteiger charge is 2.24. The van der Waals surface area contributed by atoms with E-state index in [1.165, 1.54) is 12.1 Å². The zero-order chi connectivity index (χ0) is 19.1. The summed E-state index contributed by atoms with van der Waals surface area (Å²) in [5.41, 5.74) is 3.07. The molecule has 1 atom stereocenters. The van der Waals surface area contributed by atoms with Gasteiger partial charge in [-0.1, -0.05) is 41.0 Å². The summed E-state index contributed by atoms with van der Waals surface area (Å²) in [5, 5.41) is 9.20. The molecular weight excluding hydrogens is 383 g/mol. The standard InChI is InChI=1S/C20H14ClFN4O2/c21-14-6-4-12(5-7-14)18-10-26-16(11-27-18)9-17(24-26)20-23-19(25-28-20)13-2-1-3-15(22)8-13/h1-9,18H,10-11H2/t18-/m0/s1. The molecule has 0 saturated carbocycles. The van der Waals surface area contributed by atoms with Crippen molar-refractivity contribution in [3.05, 3.63) is 76.7 Å². The maximum atomic E-state index is 13.4. The highest BCUT2D eigenvalue weighted by molar-refractivity contribution is 6.30. The summed E-state index contributed by atoms with van der Waals surface area (Å²) in [6.45, 7) is 0.993. The molecule has 3 heterocycles. The summed E-state index contributed by atoms with van der Waals surface area (Å²) in [4.78, 5) is 4.35. The Morgan fingerprint density at radius 2 is 1.96 bits per heavy atom. The van der Waals surface area contributed by atoms with Crippen molar-refractivity contribution in [3.63, 3.8) is 0 Å². The minimum absolute atomic E-state index is 0.108.